The summed E-state index contributed by atoms with van der Waals surface area (Å²) in [5, 5.41) is 3.71. The Morgan fingerprint density at radius 3 is 2.91 bits per heavy atom. The molecule has 7 heteroatoms. The number of hydrogen-bond acceptors (Lipinski definition) is 5. The Bertz CT molecular complexity index is 1010. The predicted molar refractivity (Wildman–Crippen MR) is 87.2 cm³/mol. The second kappa shape index (κ2) is 4.96. The van der Waals surface area contributed by atoms with Crippen molar-refractivity contribution in [3.8, 4) is 0 Å². The van der Waals surface area contributed by atoms with Gasteiger partial charge in [0.05, 0.1) is 15.9 Å². The third-order valence-electron chi connectivity index (χ3n) is 3.34. The minimum Gasteiger partial charge on any atom is -0.350 e. The van der Waals surface area contributed by atoms with Crippen LogP contribution in [0.3, 0.4) is 0 Å². The number of benzene rings is 1. The Labute approximate surface area is 132 Å². The second-order valence-electron chi connectivity index (χ2n) is 4.81. The van der Waals surface area contributed by atoms with E-state index in [2.05, 4.69) is 15.3 Å². The molecule has 0 unspecified atom stereocenters. The normalized spacial score (nSPS) is 11.4. The Hall–Kier alpha value is -2.12. The molecular weight excluding hydrogens is 324 g/mol. The van der Waals surface area contributed by atoms with Crippen LogP contribution in [0, 0.1) is 18.6 Å². The number of fused-ring (bicyclic) bond motifs is 2. The number of aromatic nitrogens is 2. The van der Waals surface area contributed by atoms with Gasteiger partial charge in [0.25, 0.3) is 0 Å². The van der Waals surface area contributed by atoms with Gasteiger partial charge < -0.3 is 5.32 Å². The molecule has 0 aliphatic heterocycles. The van der Waals surface area contributed by atoms with Crippen LogP contribution in [0.5, 0.6) is 0 Å². The lowest BCUT2D eigenvalue weighted by molar-refractivity contribution is 0.598. The van der Waals surface area contributed by atoms with Gasteiger partial charge in [0.15, 0.2) is 11.6 Å². The average molecular weight is 333 g/mol. The van der Waals surface area contributed by atoms with E-state index in [1.165, 1.54) is 34.3 Å². The van der Waals surface area contributed by atoms with Gasteiger partial charge in [-0.3, -0.25) is 0 Å². The number of thiazole rings is 1. The molecule has 0 aliphatic carbocycles. The monoisotopic (exact) mass is 333 g/mol. The van der Waals surface area contributed by atoms with Crippen LogP contribution in [0.25, 0.3) is 20.4 Å². The molecule has 0 radical (unpaired) electrons. The highest BCUT2D eigenvalue weighted by molar-refractivity contribution is 7.18. The second-order valence-corrected chi connectivity index (χ2v) is 6.93. The molecule has 0 amide bonds. The summed E-state index contributed by atoms with van der Waals surface area (Å²) in [6.45, 7) is 1.97. The molecule has 0 saturated heterocycles. The largest absolute Gasteiger partial charge is 0.350 e. The highest BCUT2D eigenvalue weighted by atomic mass is 32.1. The lowest BCUT2D eigenvalue weighted by atomic mass is 10.2. The lowest BCUT2D eigenvalue weighted by Gasteiger charge is -2.10. The molecule has 0 atom stereocenters. The van der Waals surface area contributed by atoms with Crippen molar-refractivity contribution in [1.82, 2.24) is 9.97 Å². The number of nitrogens with one attached hydrogen (secondary N) is 1. The van der Waals surface area contributed by atoms with Crippen LogP contribution in [0.1, 0.15) is 4.88 Å². The van der Waals surface area contributed by atoms with Gasteiger partial charge in [-0.25, -0.2) is 18.7 Å². The SMILES string of the molecule is Cc1cc2c(Nc3c(F)cc4scnc4c3F)ccnc2s1. The fourth-order valence-corrected chi connectivity index (χ4v) is 3.92. The van der Waals surface area contributed by atoms with Gasteiger partial charge in [-0.1, -0.05) is 0 Å². The van der Waals surface area contributed by atoms with Crippen LogP contribution in [-0.4, -0.2) is 9.97 Å². The number of halogens is 2. The minimum absolute atomic E-state index is 0.181. The van der Waals surface area contributed by atoms with Crippen molar-refractivity contribution in [3.05, 3.63) is 46.4 Å². The molecule has 0 spiro atoms. The van der Waals surface area contributed by atoms with E-state index in [-0.39, 0.29) is 11.2 Å². The zero-order valence-electron chi connectivity index (χ0n) is 11.4. The van der Waals surface area contributed by atoms with Crippen molar-refractivity contribution >= 4 is 54.5 Å². The lowest BCUT2D eigenvalue weighted by Crippen LogP contribution is -1.99. The maximum absolute atomic E-state index is 14.5. The molecule has 0 aliphatic rings. The van der Waals surface area contributed by atoms with Crippen LogP contribution < -0.4 is 5.32 Å². The van der Waals surface area contributed by atoms with E-state index in [1.54, 1.807) is 12.3 Å². The molecule has 3 aromatic heterocycles. The summed E-state index contributed by atoms with van der Waals surface area (Å²) >= 11 is 2.75. The fourth-order valence-electron chi connectivity index (χ4n) is 2.35. The molecular formula is C15H9F2N3S2. The van der Waals surface area contributed by atoms with Gasteiger partial charge in [0.2, 0.25) is 0 Å². The summed E-state index contributed by atoms with van der Waals surface area (Å²) in [5.41, 5.74) is 2.13. The molecule has 0 fully saturated rings. The summed E-state index contributed by atoms with van der Waals surface area (Å²) in [6.07, 6.45) is 1.62. The van der Waals surface area contributed by atoms with Crippen LogP contribution in [0.15, 0.2) is 29.9 Å². The van der Waals surface area contributed by atoms with E-state index >= 15 is 0 Å². The summed E-state index contributed by atoms with van der Waals surface area (Å²) in [4.78, 5) is 10.1. The molecule has 22 heavy (non-hydrogen) atoms. The quantitative estimate of drug-likeness (QED) is 0.545. The van der Waals surface area contributed by atoms with Gasteiger partial charge in [0.1, 0.15) is 16.0 Å². The number of aryl methyl sites for hydroxylation is 1. The zero-order chi connectivity index (χ0) is 15.3. The first-order valence-corrected chi connectivity index (χ1v) is 8.16. The zero-order valence-corrected chi connectivity index (χ0v) is 13.0. The standard InChI is InChI=1S/C15H9F2N3S2/c1-7-4-8-10(2-3-18-15(8)22-7)20-13-9(16)5-11-14(12(13)17)19-6-21-11/h2-6H,1H3,(H,18,20). The summed E-state index contributed by atoms with van der Waals surface area (Å²) in [5.74, 6) is -1.31. The van der Waals surface area contributed by atoms with E-state index < -0.39 is 11.6 Å². The van der Waals surface area contributed by atoms with Crippen molar-refractivity contribution < 1.29 is 8.78 Å². The van der Waals surface area contributed by atoms with E-state index in [4.69, 9.17) is 0 Å². The molecule has 1 aromatic carbocycles. The van der Waals surface area contributed by atoms with E-state index in [0.29, 0.717) is 10.4 Å². The Morgan fingerprint density at radius 2 is 2.05 bits per heavy atom. The highest BCUT2D eigenvalue weighted by Crippen LogP contribution is 2.35. The number of thiophene rings is 1. The number of hydrogen-bond donors (Lipinski definition) is 1. The van der Waals surface area contributed by atoms with Crippen molar-refractivity contribution in [2.45, 2.75) is 6.92 Å². The van der Waals surface area contributed by atoms with Gasteiger partial charge >= 0.3 is 0 Å². The van der Waals surface area contributed by atoms with Gasteiger partial charge in [-0.05, 0) is 25.1 Å². The predicted octanol–water partition coefficient (Wildman–Crippen LogP) is 5.24. The van der Waals surface area contributed by atoms with Crippen LogP contribution in [0.4, 0.5) is 20.2 Å². The van der Waals surface area contributed by atoms with Gasteiger partial charge in [0, 0.05) is 16.5 Å². The van der Waals surface area contributed by atoms with Gasteiger partial charge in [-0.2, -0.15) is 0 Å². The molecule has 4 aromatic rings. The Balaban J connectivity index is 1.89. The summed E-state index contributed by atoms with van der Waals surface area (Å²) < 4.78 is 29.2. The highest BCUT2D eigenvalue weighted by Gasteiger charge is 2.17. The maximum Gasteiger partial charge on any atom is 0.176 e. The molecule has 0 saturated carbocycles. The van der Waals surface area contributed by atoms with Crippen molar-refractivity contribution in [3.63, 3.8) is 0 Å². The topological polar surface area (TPSA) is 37.8 Å². The molecule has 0 bridgehead atoms. The number of anilines is 2. The molecule has 110 valence electrons. The minimum atomic E-state index is -0.673. The first kappa shape index (κ1) is 13.5. The number of nitrogens with zero attached hydrogens (tertiary/aromatic N) is 2. The molecule has 3 nitrogen and oxygen atoms in total. The van der Waals surface area contributed by atoms with E-state index in [0.717, 1.165) is 15.1 Å². The van der Waals surface area contributed by atoms with Crippen molar-refractivity contribution in [1.29, 1.82) is 0 Å². The summed E-state index contributed by atoms with van der Waals surface area (Å²) in [7, 11) is 0. The van der Waals surface area contributed by atoms with Crippen LogP contribution >= 0.6 is 22.7 Å². The molecule has 3 heterocycles. The van der Waals surface area contributed by atoms with Crippen LogP contribution in [0.2, 0.25) is 0 Å². The van der Waals surface area contributed by atoms with Crippen LogP contribution in [-0.2, 0) is 0 Å². The van der Waals surface area contributed by atoms with Crippen molar-refractivity contribution in [2.75, 3.05) is 5.32 Å². The molecule has 4 rings (SSSR count). The van der Waals surface area contributed by atoms with E-state index in [1.807, 2.05) is 13.0 Å². The maximum atomic E-state index is 14.5. The molecule has 1 N–H and O–H groups in total. The average Bonchev–Trinajstić information content (AvgIpc) is 3.09. The smallest absolute Gasteiger partial charge is 0.176 e. The first-order valence-electron chi connectivity index (χ1n) is 6.47. The number of rotatable bonds is 2. The Kier molecular flexibility index (Phi) is 3.05. The third kappa shape index (κ3) is 2.05. The Morgan fingerprint density at radius 1 is 1.18 bits per heavy atom. The fraction of sp³-hybridized carbons (Fsp3) is 0.0667. The number of pyridine rings is 1. The van der Waals surface area contributed by atoms with Crippen molar-refractivity contribution in [2.24, 2.45) is 0 Å². The van der Waals surface area contributed by atoms with Gasteiger partial charge in [-0.15, -0.1) is 22.7 Å². The summed E-state index contributed by atoms with van der Waals surface area (Å²) in [6, 6.07) is 4.96. The van der Waals surface area contributed by atoms with E-state index in [9.17, 15) is 8.78 Å². The first-order chi connectivity index (χ1) is 10.6. The third-order valence-corrected chi connectivity index (χ3v) is 5.07.